The summed E-state index contributed by atoms with van der Waals surface area (Å²) in [5.74, 6) is -0.919. The van der Waals surface area contributed by atoms with Crippen molar-refractivity contribution in [2.24, 2.45) is 0 Å². The first-order chi connectivity index (χ1) is 14.0. The summed E-state index contributed by atoms with van der Waals surface area (Å²) in [6.07, 6.45) is 3.72. The van der Waals surface area contributed by atoms with E-state index in [1.54, 1.807) is 36.4 Å². The second-order valence-electron chi connectivity index (χ2n) is 7.85. The van der Waals surface area contributed by atoms with Crippen molar-refractivity contribution in [2.45, 2.75) is 26.7 Å². The zero-order valence-electron chi connectivity index (χ0n) is 19.2. The van der Waals surface area contributed by atoms with Crippen LogP contribution >= 0.6 is 17.0 Å². The third-order valence-electron chi connectivity index (χ3n) is 4.49. The van der Waals surface area contributed by atoms with Gasteiger partial charge in [-0.25, -0.2) is 0 Å². The summed E-state index contributed by atoms with van der Waals surface area (Å²) < 4.78 is 0. The summed E-state index contributed by atoms with van der Waals surface area (Å²) >= 11 is 0. The molecule has 0 heterocycles. The molecule has 0 saturated carbocycles. The minimum absolute atomic E-state index is 0. The molecule has 0 saturated heterocycles. The standard InChI is InChI=1S/C24H32N2O4.BrH/c1-17(27)21(23(29)11-13-25(3)4)15-19-7-9-20(10-8-19)16-22(18(2)28)24(30)12-14-26(5)6;/h7-10,15-16H,11-14H2,1-6H3;1H/b21-15+,22-16+;. The molecule has 1 rings (SSSR count). The van der Waals surface area contributed by atoms with Gasteiger partial charge in [0.2, 0.25) is 0 Å². The topological polar surface area (TPSA) is 74.8 Å². The van der Waals surface area contributed by atoms with Crippen LogP contribution in [0.15, 0.2) is 35.4 Å². The Hall–Kier alpha value is -2.22. The number of rotatable bonds is 12. The SMILES string of the molecule is Br.CC(=O)/C(=C\c1ccc(/C=C(\C(C)=O)C(=O)CCN(C)C)cc1)C(=O)CCN(C)C. The first kappa shape index (κ1) is 28.8. The number of carbonyl (C=O) groups is 4. The molecule has 1 aromatic carbocycles. The molecule has 0 spiro atoms. The average Bonchev–Trinajstić information content (AvgIpc) is 2.66. The number of allylic oxidation sites excluding steroid dienone is 2. The van der Waals surface area contributed by atoms with E-state index in [9.17, 15) is 19.2 Å². The maximum atomic E-state index is 12.4. The van der Waals surface area contributed by atoms with Gasteiger partial charge in [-0.1, -0.05) is 24.3 Å². The van der Waals surface area contributed by atoms with Crippen molar-refractivity contribution in [3.8, 4) is 0 Å². The van der Waals surface area contributed by atoms with Gasteiger partial charge in [-0.3, -0.25) is 19.2 Å². The van der Waals surface area contributed by atoms with Crippen molar-refractivity contribution in [2.75, 3.05) is 41.3 Å². The molecule has 0 aliphatic heterocycles. The van der Waals surface area contributed by atoms with Crippen molar-refractivity contribution in [3.05, 3.63) is 46.5 Å². The Morgan fingerprint density at radius 3 is 1.19 bits per heavy atom. The molecular formula is C24H33BrN2O4. The van der Waals surface area contributed by atoms with E-state index in [2.05, 4.69) is 0 Å². The van der Waals surface area contributed by atoms with E-state index in [1.165, 1.54) is 13.8 Å². The molecule has 0 bridgehead atoms. The minimum Gasteiger partial charge on any atom is -0.309 e. The summed E-state index contributed by atoms with van der Waals surface area (Å²) in [4.78, 5) is 52.3. The zero-order chi connectivity index (χ0) is 22.8. The molecule has 0 amide bonds. The Morgan fingerprint density at radius 2 is 0.968 bits per heavy atom. The molecule has 0 atom stereocenters. The van der Waals surface area contributed by atoms with Crippen LogP contribution in [-0.2, 0) is 19.2 Å². The molecule has 0 N–H and O–H groups in total. The lowest BCUT2D eigenvalue weighted by molar-refractivity contribution is -0.122. The highest BCUT2D eigenvalue weighted by atomic mass is 79.9. The number of Topliss-reactive ketones (excluding diaryl/α,β-unsaturated/α-hetero) is 4. The van der Waals surface area contributed by atoms with E-state index in [1.807, 2.05) is 38.0 Å². The van der Waals surface area contributed by atoms with E-state index in [-0.39, 0.29) is 64.1 Å². The van der Waals surface area contributed by atoms with E-state index in [0.717, 1.165) is 0 Å². The van der Waals surface area contributed by atoms with Crippen molar-refractivity contribution in [1.82, 2.24) is 9.80 Å². The van der Waals surface area contributed by atoms with Crippen molar-refractivity contribution in [1.29, 1.82) is 0 Å². The lowest BCUT2D eigenvalue weighted by atomic mass is 9.99. The van der Waals surface area contributed by atoms with Gasteiger partial charge in [0.25, 0.3) is 0 Å². The first-order valence-corrected chi connectivity index (χ1v) is 9.92. The van der Waals surface area contributed by atoms with Crippen LogP contribution in [-0.4, -0.2) is 74.2 Å². The molecule has 0 aliphatic rings. The maximum absolute atomic E-state index is 12.4. The second kappa shape index (κ2) is 14.0. The van der Waals surface area contributed by atoms with Gasteiger partial charge in [0.15, 0.2) is 23.1 Å². The molecule has 0 fully saturated rings. The fourth-order valence-electron chi connectivity index (χ4n) is 2.70. The van der Waals surface area contributed by atoms with Crippen LogP contribution in [0.4, 0.5) is 0 Å². The molecule has 1 aromatic rings. The van der Waals surface area contributed by atoms with Gasteiger partial charge in [0.1, 0.15) is 0 Å². The average molecular weight is 493 g/mol. The smallest absolute Gasteiger partial charge is 0.167 e. The summed E-state index contributed by atoms with van der Waals surface area (Å²) in [7, 11) is 7.49. The molecule has 0 aromatic heterocycles. The summed E-state index contributed by atoms with van der Waals surface area (Å²) in [5, 5.41) is 0. The highest BCUT2D eigenvalue weighted by Crippen LogP contribution is 2.15. The van der Waals surface area contributed by atoms with Crippen LogP contribution in [0.2, 0.25) is 0 Å². The molecule has 7 heteroatoms. The lowest BCUT2D eigenvalue weighted by Crippen LogP contribution is -2.19. The predicted octanol–water partition coefficient (Wildman–Crippen LogP) is 3.25. The van der Waals surface area contributed by atoms with Crippen LogP contribution in [0.1, 0.15) is 37.8 Å². The van der Waals surface area contributed by atoms with Gasteiger partial charge < -0.3 is 9.80 Å². The third kappa shape index (κ3) is 10.6. The predicted molar refractivity (Wildman–Crippen MR) is 130 cm³/mol. The fraction of sp³-hybridized carbons (Fsp3) is 0.417. The van der Waals surface area contributed by atoms with Crippen LogP contribution in [0.3, 0.4) is 0 Å². The Morgan fingerprint density at radius 1 is 0.677 bits per heavy atom. The molecule has 170 valence electrons. The first-order valence-electron chi connectivity index (χ1n) is 9.92. The number of nitrogens with zero attached hydrogens (tertiary/aromatic N) is 2. The highest BCUT2D eigenvalue weighted by molar-refractivity contribution is 8.93. The summed E-state index contributed by atoms with van der Waals surface area (Å²) in [5.41, 5.74) is 1.75. The summed E-state index contributed by atoms with van der Waals surface area (Å²) in [6.45, 7) is 3.91. The Bertz CT molecular complexity index is 782. The van der Waals surface area contributed by atoms with Crippen LogP contribution < -0.4 is 0 Å². The Balaban J connectivity index is 0.00000900. The number of halogens is 1. The van der Waals surface area contributed by atoms with Gasteiger partial charge in [0, 0.05) is 25.9 Å². The van der Waals surface area contributed by atoms with Gasteiger partial charge >= 0.3 is 0 Å². The van der Waals surface area contributed by atoms with Crippen LogP contribution in [0.25, 0.3) is 12.2 Å². The van der Waals surface area contributed by atoms with Gasteiger partial charge in [-0.05, 0) is 65.3 Å². The largest absolute Gasteiger partial charge is 0.309 e. The summed E-state index contributed by atoms with van der Waals surface area (Å²) in [6, 6.07) is 7.04. The van der Waals surface area contributed by atoms with E-state index in [4.69, 9.17) is 0 Å². The molecule has 6 nitrogen and oxygen atoms in total. The molecule has 0 radical (unpaired) electrons. The van der Waals surface area contributed by atoms with Crippen LogP contribution in [0, 0.1) is 0 Å². The highest BCUT2D eigenvalue weighted by Gasteiger charge is 2.16. The normalized spacial score (nSPS) is 12.0. The number of hydrogen-bond donors (Lipinski definition) is 0. The number of hydrogen-bond acceptors (Lipinski definition) is 6. The van der Waals surface area contributed by atoms with E-state index >= 15 is 0 Å². The van der Waals surface area contributed by atoms with Gasteiger partial charge in [-0.15, -0.1) is 17.0 Å². The molecule has 31 heavy (non-hydrogen) atoms. The number of benzene rings is 1. The van der Waals surface area contributed by atoms with Crippen LogP contribution in [0.5, 0.6) is 0 Å². The quantitative estimate of drug-likeness (QED) is 0.253. The van der Waals surface area contributed by atoms with Gasteiger partial charge in [0.05, 0.1) is 11.1 Å². The maximum Gasteiger partial charge on any atom is 0.167 e. The van der Waals surface area contributed by atoms with Crippen molar-refractivity contribution < 1.29 is 19.2 Å². The molecular weight excluding hydrogens is 460 g/mol. The Labute approximate surface area is 195 Å². The monoisotopic (exact) mass is 492 g/mol. The molecule has 0 aliphatic carbocycles. The molecule has 0 unspecified atom stereocenters. The van der Waals surface area contributed by atoms with E-state index < -0.39 is 0 Å². The lowest BCUT2D eigenvalue weighted by Gasteiger charge is -2.10. The Kier molecular flexibility index (Phi) is 13.0. The van der Waals surface area contributed by atoms with E-state index in [0.29, 0.717) is 24.2 Å². The van der Waals surface area contributed by atoms with Crippen molar-refractivity contribution in [3.63, 3.8) is 0 Å². The fourth-order valence-corrected chi connectivity index (χ4v) is 2.70. The van der Waals surface area contributed by atoms with Crippen molar-refractivity contribution >= 4 is 52.3 Å². The third-order valence-corrected chi connectivity index (χ3v) is 4.49. The minimum atomic E-state index is -0.270. The second-order valence-corrected chi connectivity index (χ2v) is 7.85. The van der Waals surface area contributed by atoms with Gasteiger partial charge in [-0.2, -0.15) is 0 Å². The number of carbonyl (C=O) groups excluding carboxylic acids is 4. The number of ketones is 4. The zero-order valence-corrected chi connectivity index (χ0v) is 20.9.